The Hall–Kier alpha value is -2.03. The highest BCUT2D eigenvalue weighted by molar-refractivity contribution is 7.45. The molecule has 0 fully saturated rings. The summed E-state index contributed by atoms with van der Waals surface area (Å²) in [6.07, 6.45) is 92.3. The number of hydrogen-bond acceptors (Lipinski definition) is 8. The first-order valence-corrected chi connectivity index (χ1v) is 40.3. The molecule has 0 aromatic carbocycles. The molecule has 0 aliphatic carbocycles. The molecule has 0 N–H and O–H groups in total. The van der Waals surface area contributed by atoms with E-state index in [9.17, 15) is 19.0 Å². The second-order valence-electron chi connectivity index (χ2n) is 27.7. The van der Waals surface area contributed by atoms with Gasteiger partial charge in [-0.1, -0.05) is 377 Å². The molecule has 0 rings (SSSR count). The normalized spacial score (nSPS) is 13.3. The summed E-state index contributed by atoms with van der Waals surface area (Å²) in [4.78, 5) is 38.1. The predicted molar refractivity (Wildman–Crippen MR) is 384 cm³/mol. The number of quaternary nitrogens is 1. The van der Waals surface area contributed by atoms with E-state index < -0.39 is 26.5 Å². The van der Waals surface area contributed by atoms with Crippen LogP contribution in [0.1, 0.15) is 393 Å². The summed E-state index contributed by atoms with van der Waals surface area (Å²) in [7, 11) is 1.19. The van der Waals surface area contributed by atoms with E-state index in [4.69, 9.17) is 18.5 Å². The van der Waals surface area contributed by atoms with Crippen LogP contribution in [0.2, 0.25) is 0 Å². The Kier molecular flexibility index (Phi) is 68.7. The van der Waals surface area contributed by atoms with Gasteiger partial charge in [-0.15, -0.1) is 0 Å². The number of esters is 2. The molecule has 89 heavy (non-hydrogen) atoms. The van der Waals surface area contributed by atoms with Crippen LogP contribution in [0.4, 0.5) is 0 Å². The van der Waals surface area contributed by atoms with Gasteiger partial charge in [-0.2, -0.15) is 0 Å². The van der Waals surface area contributed by atoms with Gasteiger partial charge < -0.3 is 27.9 Å². The molecule has 0 saturated carbocycles. The summed E-state index contributed by atoms with van der Waals surface area (Å²) < 4.78 is 34.4. The zero-order chi connectivity index (χ0) is 64.8. The Morgan fingerprint density at radius 3 is 0.955 bits per heavy atom. The maximum absolute atomic E-state index is 12.9. The van der Waals surface area contributed by atoms with Gasteiger partial charge in [0.05, 0.1) is 27.7 Å². The van der Waals surface area contributed by atoms with Crippen LogP contribution in [0.25, 0.3) is 0 Å². The summed E-state index contributed by atoms with van der Waals surface area (Å²) >= 11 is 0. The Bertz CT molecular complexity index is 1640. The van der Waals surface area contributed by atoms with Gasteiger partial charge in [0.2, 0.25) is 0 Å². The minimum Gasteiger partial charge on any atom is -0.756 e. The third kappa shape index (κ3) is 74.9. The van der Waals surface area contributed by atoms with E-state index in [1.165, 1.54) is 302 Å². The Balaban J connectivity index is 3.91. The van der Waals surface area contributed by atoms with Crippen molar-refractivity contribution in [1.82, 2.24) is 0 Å². The van der Waals surface area contributed by atoms with Crippen molar-refractivity contribution in [1.29, 1.82) is 0 Å². The number of unbranched alkanes of at least 4 members (excludes halogenated alkanes) is 51. The number of nitrogens with zero attached hydrogens (tertiary/aromatic N) is 1. The average molecular weight is 1270 g/mol. The summed E-state index contributed by atoms with van der Waals surface area (Å²) in [6, 6.07) is 0. The predicted octanol–water partition coefficient (Wildman–Crippen LogP) is 24.9. The molecule has 0 spiro atoms. The number of allylic oxidation sites excluding steroid dienone is 8. The van der Waals surface area contributed by atoms with Gasteiger partial charge in [0.25, 0.3) is 7.82 Å². The maximum Gasteiger partial charge on any atom is 0.306 e. The van der Waals surface area contributed by atoms with E-state index in [1.54, 1.807) is 0 Å². The minimum atomic E-state index is -4.64. The summed E-state index contributed by atoms with van der Waals surface area (Å²) in [5, 5.41) is 0. The fourth-order valence-electron chi connectivity index (χ4n) is 11.7. The van der Waals surface area contributed by atoms with Gasteiger partial charge in [-0.05, 0) is 51.4 Å². The average Bonchev–Trinajstić information content (AvgIpc) is 3.60. The zero-order valence-corrected chi connectivity index (χ0v) is 60.8. The molecule has 0 aliphatic heterocycles. The van der Waals surface area contributed by atoms with Gasteiger partial charge in [-0.3, -0.25) is 14.2 Å². The number of carbonyl (C=O) groups excluding carboxylic acids is 2. The minimum absolute atomic E-state index is 0.0272. The standard InChI is InChI=1S/C79H150NO8P/c1-6-8-10-12-14-16-18-20-22-24-26-28-30-32-34-36-37-38-39-40-41-42-43-44-46-48-50-52-54-56-58-60-62-64-66-68-70-72-79(82)88-77(76-87-89(83,84)86-74-73-80(3,4)5)75-85-78(81)71-69-67-65-63-61-59-57-55-53-51-49-47-45-35-33-31-29-27-25-23-21-19-17-15-13-11-9-7-2/h8,10,14,16,20,22,26,28,77H,6-7,9,11-13,15,17-19,21,23-25,27,29-76H2,1-5H3/b10-8-,16-14-,22-20-,28-26-. The third-order valence-corrected chi connectivity index (χ3v) is 18.6. The van der Waals surface area contributed by atoms with E-state index >= 15 is 0 Å². The molecule has 0 aromatic heterocycles. The SMILES string of the molecule is CC/C=C\C/C=C\C/C=C\C/C=C\CCCCCCCCCCCCCCCCCCCCCCCCCCC(=O)OC(COC(=O)CCCCCCCCCCCCCCCCCCCCCCCCCCCCCC)COP(=O)([O-])OCC[N+](C)(C)C. The molecule has 0 aromatic rings. The fourth-order valence-corrected chi connectivity index (χ4v) is 12.4. The molecule has 0 aliphatic rings. The number of phosphoric ester groups is 1. The smallest absolute Gasteiger partial charge is 0.306 e. The second kappa shape index (κ2) is 70.3. The lowest BCUT2D eigenvalue weighted by Gasteiger charge is -2.28. The Morgan fingerprint density at radius 2 is 0.640 bits per heavy atom. The van der Waals surface area contributed by atoms with Crippen LogP contribution >= 0.6 is 7.82 Å². The van der Waals surface area contributed by atoms with Crippen LogP contribution in [0.3, 0.4) is 0 Å². The largest absolute Gasteiger partial charge is 0.756 e. The summed E-state index contributed by atoms with van der Waals surface area (Å²) in [5.41, 5.74) is 0. The Labute approximate surface area is 554 Å². The molecule has 2 atom stereocenters. The molecule has 0 bridgehead atoms. The van der Waals surface area contributed by atoms with Crippen LogP contribution < -0.4 is 4.89 Å². The first kappa shape index (κ1) is 87.0. The van der Waals surface area contributed by atoms with Gasteiger partial charge >= 0.3 is 11.9 Å². The first-order valence-electron chi connectivity index (χ1n) is 38.8. The third-order valence-electron chi connectivity index (χ3n) is 17.6. The highest BCUT2D eigenvalue weighted by Gasteiger charge is 2.22. The van der Waals surface area contributed by atoms with Crippen molar-refractivity contribution in [2.75, 3.05) is 47.5 Å². The van der Waals surface area contributed by atoms with Crippen LogP contribution in [0.15, 0.2) is 48.6 Å². The summed E-state index contributed by atoms with van der Waals surface area (Å²) in [6.45, 7) is 4.21. The van der Waals surface area contributed by atoms with E-state index in [0.29, 0.717) is 17.4 Å². The quantitative estimate of drug-likeness (QED) is 0.0195. The molecule has 0 amide bonds. The lowest BCUT2D eigenvalue weighted by Crippen LogP contribution is -2.37. The number of phosphoric acid groups is 1. The molecular formula is C79H150NO8P. The number of carbonyl (C=O) groups is 2. The van der Waals surface area contributed by atoms with Crippen molar-refractivity contribution in [3.05, 3.63) is 48.6 Å². The fraction of sp³-hybridized carbons (Fsp3) is 0.873. The van der Waals surface area contributed by atoms with Crippen molar-refractivity contribution in [3.63, 3.8) is 0 Å². The molecular weight excluding hydrogens is 1120 g/mol. The first-order chi connectivity index (χ1) is 43.5. The van der Waals surface area contributed by atoms with Crippen LogP contribution in [0.5, 0.6) is 0 Å². The van der Waals surface area contributed by atoms with Crippen LogP contribution in [-0.4, -0.2) is 70.0 Å². The highest BCUT2D eigenvalue weighted by Crippen LogP contribution is 2.38. The van der Waals surface area contributed by atoms with Crippen LogP contribution in [0, 0.1) is 0 Å². The highest BCUT2D eigenvalue weighted by atomic mass is 31.2. The van der Waals surface area contributed by atoms with E-state index in [-0.39, 0.29) is 32.0 Å². The molecule has 0 heterocycles. The second-order valence-corrected chi connectivity index (χ2v) is 29.1. The van der Waals surface area contributed by atoms with Crippen LogP contribution in [-0.2, 0) is 32.7 Å². The summed E-state index contributed by atoms with van der Waals surface area (Å²) in [5.74, 6) is -0.807. The van der Waals surface area contributed by atoms with Crippen molar-refractivity contribution < 1.29 is 42.1 Å². The monoisotopic (exact) mass is 1270 g/mol. The van der Waals surface area contributed by atoms with Crippen molar-refractivity contribution >= 4 is 19.8 Å². The lowest BCUT2D eigenvalue weighted by atomic mass is 10.0. The molecule has 9 nitrogen and oxygen atoms in total. The molecule has 10 heteroatoms. The van der Waals surface area contributed by atoms with Gasteiger partial charge in [0.15, 0.2) is 6.10 Å². The van der Waals surface area contributed by atoms with E-state index in [2.05, 4.69) is 62.5 Å². The number of ether oxygens (including phenoxy) is 2. The number of rotatable bonds is 73. The van der Waals surface area contributed by atoms with Gasteiger partial charge in [0.1, 0.15) is 19.8 Å². The maximum atomic E-state index is 12.9. The lowest BCUT2D eigenvalue weighted by molar-refractivity contribution is -0.870. The van der Waals surface area contributed by atoms with E-state index in [1.807, 2.05) is 21.1 Å². The molecule has 524 valence electrons. The van der Waals surface area contributed by atoms with Crippen molar-refractivity contribution in [2.45, 2.75) is 399 Å². The topological polar surface area (TPSA) is 111 Å². The number of hydrogen-bond donors (Lipinski definition) is 0. The van der Waals surface area contributed by atoms with E-state index in [0.717, 1.165) is 57.8 Å². The molecule has 2 unspecified atom stereocenters. The van der Waals surface area contributed by atoms with Gasteiger partial charge in [0, 0.05) is 12.8 Å². The zero-order valence-electron chi connectivity index (χ0n) is 59.9. The van der Waals surface area contributed by atoms with Crippen molar-refractivity contribution in [3.8, 4) is 0 Å². The molecule has 0 radical (unpaired) electrons. The van der Waals surface area contributed by atoms with Crippen molar-refractivity contribution in [2.24, 2.45) is 0 Å². The number of likely N-dealkylation sites (N-methyl/N-ethyl adjacent to an activating group) is 1. The Morgan fingerprint density at radius 1 is 0.360 bits per heavy atom. The molecule has 0 saturated heterocycles. The van der Waals surface area contributed by atoms with Gasteiger partial charge in [-0.25, -0.2) is 0 Å².